The Labute approximate surface area is 96.9 Å². The summed E-state index contributed by atoms with van der Waals surface area (Å²) in [6.07, 6.45) is 7.29. The predicted octanol–water partition coefficient (Wildman–Crippen LogP) is 0.799. The van der Waals surface area contributed by atoms with E-state index in [2.05, 4.69) is 5.32 Å². The Bertz CT molecular complexity index is 239. The van der Waals surface area contributed by atoms with Gasteiger partial charge in [0.15, 0.2) is 0 Å². The van der Waals surface area contributed by atoms with Crippen molar-refractivity contribution in [2.75, 3.05) is 13.2 Å². The van der Waals surface area contributed by atoms with E-state index in [1.807, 2.05) is 0 Å². The molecule has 2 heterocycles. The van der Waals surface area contributed by atoms with Crippen LogP contribution >= 0.6 is 0 Å². The smallest absolute Gasteiger partial charge is 0.234 e. The van der Waals surface area contributed by atoms with E-state index in [0.29, 0.717) is 12.0 Å². The molecule has 4 nitrogen and oxygen atoms in total. The zero-order chi connectivity index (χ0) is 11.4. The minimum absolute atomic E-state index is 0.108. The van der Waals surface area contributed by atoms with Crippen molar-refractivity contribution in [2.24, 2.45) is 11.7 Å². The Balaban J connectivity index is 1.70. The third kappa shape index (κ3) is 3.19. The molecular formula is C12H22N2O2. The van der Waals surface area contributed by atoms with Crippen molar-refractivity contribution in [3.8, 4) is 0 Å². The standard InChI is InChI=1S/C12H22N2O2/c13-12(15)11-8-9(5-6-14-11)3-4-10-2-1-7-16-10/h9-11,14H,1-8H2,(H2,13,15). The van der Waals surface area contributed by atoms with Gasteiger partial charge in [-0.05, 0) is 51.0 Å². The molecule has 0 bridgehead atoms. The van der Waals surface area contributed by atoms with Crippen LogP contribution in [0.3, 0.4) is 0 Å². The second-order valence-corrected chi connectivity index (χ2v) is 5.01. The molecular weight excluding hydrogens is 204 g/mol. The summed E-state index contributed by atoms with van der Waals surface area (Å²) in [5, 5.41) is 3.17. The first-order valence-corrected chi connectivity index (χ1v) is 6.40. The number of nitrogens with one attached hydrogen (secondary N) is 1. The Kier molecular flexibility index (Phi) is 4.18. The molecule has 0 aromatic rings. The van der Waals surface area contributed by atoms with Crippen molar-refractivity contribution < 1.29 is 9.53 Å². The monoisotopic (exact) mass is 226 g/mol. The molecule has 1 amide bonds. The van der Waals surface area contributed by atoms with Gasteiger partial charge in [-0.2, -0.15) is 0 Å². The average molecular weight is 226 g/mol. The fourth-order valence-corrected chi connectivity index (χ4v) is 2.77. The molecule has 3 atom stereocenters. The first-order chi connectivity index (χ1) is 7.75. The van der Waals surface area contributed by atoms with Gasteiger partial charge in [0.2, 0.25) is 5.91 Å². The van der Waals surface area contributed by atoms with E-state index in [4.69, 9.17) is 10.5 Å². The lowest BCUT2D eigenvalue weighted by atomic mass is 9.87. The number of carbonyl (C=O) groups is 1. The Hall–Kier alpha value is -0.610. The van der Waals surface area contributed by atoms with Gasteiger partial charge in [-0.15, -0.1) is 0 Å². The molecule has 2 fully saturated rings. The molecule has 0 aromatic carbocycles. The molecule has 0 aliphatic carbocycles. The van der Waals surface area contributed by atoms with Crippen molar-refractivity contribution in [3.63, 3.8) is 0 Å². The lowest BCUT2D eigenvalue weighted by Gasteiger charge is -2.28. The molecule has 0 aromatic heterocycles. The highest BCUT2D eigenvalue weighted by atomic mass is 16.5. The van der Waals surface area contributed by atoms with Crippen LogP contribution in [-0.4, -0.2) is 31.2 Å². The molecule has 3 N–H and O–H groups in total. The normalized spacial score (nSPS) is 35.1. The fourth-order valence-electron chi connectivity index (χ4n) is 2.77. The molecule has 0 radical (unpaired) electrons. The van der Waals surface area contributed by atoms with Gasteiger partial charge in [-0.25, -0.2) is 0 Å². The van der Waals surface area contributed by atoms with E-state index in [1.165, 1.54) is 19.3 Å². The number of carbonyl (C=O) groups excluding carboxylic acids is 1. The van der Waals surface area contributed by atoms with E-state index >= 15 is 0 Å². The number of hydrogen-bond acceptors (Lipinski definition) is 3. The second-order valence-electron chi connectivity index (χ2n) is 5.01. The van der Waals surface area contributed by atoms with Gasteiger partial charge in [0.25, 0.3) is 0 Å². The molecule has 92 valence electrons. The third-order valence-corrected chi connectivity index (χ3v) is 3.78. The topological polar surface area (TPSA) is 64.4 Å². The Morgan fingerprint density at radius 1 is 1.38 bits per heavy atom. The average Bonchev–Trinajstić information content (AvgIpc) is 2.79. The zero-order valence-electron chi connectivity index (χ0n) is 9.78. The number of piperidine rings is 1. The number of ether oxygens (including phenoxy) is 1. The van der Waals surface area contributed by atoms with Crippen LogP contribution in [0, 0.1) is 5.92 Å². The van der Waals surface area contributed by atoms with Crippen molar-refractivity contribution in [1.29, 1.82) is 0 Å². The number of nitrogens with two attached hydrogens (primary N) is 1. The molecule has 3 unspecified atom stereocenters. The summed E-state index contributed by atoms with van der Waals surface area (Å²) in [5.41, 5.74) is 5.32. The summed E-state index contributed by atoms with van der Waals surface area (Å²) in [7, 11) is 0. The first kappa shape index (κ1) is 11.9. The molecule has 0 saturated carbocycles. The molecule has 2 rings (SSSR count). The number of hydrogen-bond donors (Lipinski definition) is 2. The van der Waals surface area contributed by atoms with Gasteiger partial charge in [-0.3, -0.25) is 4.79 Å². The van der Waals surface area contributed by atoms with E-state index in [-0.39, 0.29) is 11.9 Å². The lowest BCUT2D eigenvalue weighted by Crippen LogP contribution is -2.46. The highest BCUT2D eigenvalue weighted by Gasteiger charge is 2.26. The summed E-state index contributed by atoms with van der Waals surface area (Å²) in [4.78, 5) is 11.1. The second kappa shape index (κ2) is 5.64. The van der Waals surface area contributed by atoms with Gasteiger partial charge in [-0.1, -0.05) is 0 Å². The molecule has 16 heavy (non-hydrogen) atoms. The number of rotatable bonds is 4. The minimum Gasteiger partial charge on any atom is -0.378 e. The van der Waals surface area contributed by atoms with Gasteiger partial charge >= 0.3 is 0 Å². The number of amides is 1. The molecule has 2 aliphatic rings. The largest absolute Gasteiger partial charge is 0.378 e. The van der Waals surface area contributed by atoms with Crippen molar-refractivity contribution in [2.45, 2.75) is 50.7 Å². The summed E-state index contributed by atoms with van der Waals surface area (Å²) in [5.74, 6) is 0.435. The van der Waals surface area contributed by atoms with Gasteiger partial charge in [0.05, 0.1) is 12.1 Å². The minimum atomic E-state index is -0.207. The maximum Gasteiger partial charge on any atom is 0.234 e. The van der Waals surface area contributed by atoms with Crippen LogP contribution in [-0.2, 0) is 9.53 Å². The highest BCUT2D eigenvalue weighted by Crippen LogP contribution is 2.25. The van der Waals surface area contributed by atoms with Gasteiger partial charge < -0.3 is 15.8 Å². The van der Waals surface area contributed by atoms with Crippen molar-refractivity contribution in [1.82, 2.24) is 5.32 Å². The fraction of sp³-hybridized carbons (Fsp3) is 0.917. The van der Waals surface area contributed by atoms with E-state index in [0.717, 1.165) is 32.4 Å². The predicted molar refractivity (Wildman–Crippen MR) is 61.9 cm³/mol. The van der Waals surface area contributed by atoms with E-state index < -0.39 is 0 Å². The molecule has 0 spiro atoms. The van der Waals surface area contributed by atoms with E-state index in [9.17, 15) is 4.79 Å². The quantitative estimate of drug-likeness (QED) is 0.745. The molecule has 2 aliphatic heterocycles. The van der Waals surface area contributed by atoms with Crippen LogP contribution in [0.4, 0.5) is 0 Å². The van der Waals surface area contributed by atoms with Crippen LogP contribution in [0.2, 0.25) is 0 Å². The first-order valence-electron chi connectivity index (χ1n) is 6.40. The van der Waals surface area contributed by atoms with Crippen LogP contribution in [0.25, 0.3) is 0 Å². The maximum absolute atomic E-state index is 11.1. The third-order valence-electron chi connectivity index (χ3n) is 3.78. The maximum atomic E-state index is 11.1. The SMILES string of the molecule is NC(=O)C1CC(CCC2CCCO2)CCN1. The zero-order valence-corrected chi connectivity index (χ0v) is 9.78. The molecule has 2 saturated heterocycles. The van der Waals surface area contributed by atoms with Crippen LogP contribution in [0.15, 0.2) is 0 Å². The summed E-state index contributed by atoms with van der Waals surface area (Å²) < 4.78 is 5.61. The van der Waals surface area contributed by atoms with Crippen LogP contribution in [0.1, 0.15) is 38.5 Å². The number of primary amides is 1. The lowest BCUT2D eigenvalue weighted by molar-refractivity contribution is -0.120. The summed E-state index contributed by atoms with van der Waals surface area (Å²) in [6, 6.07) is -0.108. The van der Waals surface area contributed by atoms with Gasteiger partial charge in [0, 0.05) is 6.61 Å². The highest BCUT2D eigenvalue weighted by molar-refractivity contribution is 5.79. The van der Waals surface area contributed by atoms with Crippen LogP contribution < -0.4 is 11.1 Å². The van der Waals surface area contributed by atoms with Crippen molar-refractivity contribution >= 4 is 5.91 Å². The molecule has 4 heteroatoms. The van der Waals surface area contributed by atoms with Gasteiger partial charge in [0.1, 0.15) is 0 Å². The Morgan fingerprint density at radius 3 is 2.94 bits per heavy atom. The van der Waals surface area contributed by atoms with Crippen LogP contribution in [0.5, 0.6) is 0 Å². The van der Waals surface area contributed by atoms with Crippen molar-refractivity contribution in [3.05, 3.63) is 0 Å². The summed E-state index contributed by atoms with van der Waals surface area (Å²) >= 11 is 0. The Morgan fingerprint density at radius 2 is 2.25 bits per heavy atom. The van der Waals surface area contributed by atoms with E-state index in [1.54, 1.807) is 0 Å². The summed E-state index contributed by atoms with van der Waals surface area (Å²) in [6.45, 7) is 1.85.